The molecule has 0 aliphatic heterocycles. The Kier molecular flexibility index (Phi) is 8.81. The predicted octanol–water partition coefficient (Wildman–Crippen LogP) is 1.94. The van der Waals surface area contributed by atoms with Gasteiger partial charge in [0, 0.05) is 13.0 Å². The van der Waals surface area contributed by atoms with E-state index in [1.807, 2.05) is 18.2 Å². The van der Waals surface area contributed by atoms with Crippen molar-refractivity contribution in [3.8, 4) is 0 Å². The predicted molar refractivity (Wildman–Crippen MR) is 105 cm³/mol. The van der Waals surface area contributed by atoms with Crippen LogP contribution in [0.25, 0.3) is 0 Å². The molecular weight excluding hydrogens is 342 g/mol. The summed E-state index contributed by atoms with van der Waals surface area (Å²) in [7, 11) is 0. The van der Waals surface area contributed by atoms with Crippen LogP contribution in [0.2, 0.25) is 0 Å². The van der Waals surface area contributed by atoms with E-state index in [-0.39, 0.29) is 36.9 Å². The molecule has 3 N–H and O–H groups in total. The van der Waals surface area contributed by atoms with E-state index >= 15 is 0 Å². The van der Waals surface area contributed by atoms with E-state index in [0.29, 0.717) is 5.92 Å². The molecule has 148 valence electrons. The van der Waals surface area contributed by atoms with Crippen molar-refractivity contribution in [2.75, 3.05) is 13.1 Å². The zero-order valence-corrected chi connectivity index (χ0v) is 16.1. The van der Waals surface area contributed by atoms with Gasteiger partial charge in [0.1, 0.15) is 0 Å². The summed E-state index contributed by atoms with van der Waals surface area (Å²) >= 11 is 0. The monoisotopic (exact) mass is 373 g/mol. The van der Waals surface area contributed by atoms with E-state index in [2.05, 4.69) is 28.1 Å². The Balaban J connectivity index is 1.84. The van der Waals surface area contributed by atoms with Crippen LogP contribution in [0.5, 0.6) is 0 Å². The molecule has 1 aromatic rings. The van der Waals surface area contributed by atoms with E-state index in [1.54, 1.807) is 0 Å². The lowest BCUT2D eigenvalue weighted by atomic mass is 9.83. The second-order valence-electron chi connectivity index (χ2n) is 7.38. The lowest BCUT2D eigenvalue weighted by Crippen LogP contribution is -2.45. The standard InChI is InChI=1S/C21H31N3O3/c1-16(25)22-14-20(26)23-15-21(27)24-19(12-17-8-4-2-5-9-17)13-18-10-6-3-7-11-18/h2,4-5,8-9,18-19H,3,6-7,10-15H2,1H3,(H,22,25)(H,23,26)(H,24,27). The van der Waals surface area contributed by atoms with Crippen LogP contribution in [-0.2, 0) is 20.8 Å². The Bertz CT molecular complexity index is 612. The second kappa shape index (κ2) is 11.4. The van der Waals surface area contributed by atoms with Crippen molar-refractivity contribution in [1.29, 1.82) is 0 Å². The van der Waals surface area contributed by atoms with Crippen LogP contribution < -0.4 is 16.0 Å². The highest BCUT2D eigenvalue weighted by Gasteiger charge is 2.21. The maximum Gasteiger partial charge on any atom is 0.239 e. The summed E-state index contributed by atoms with van der Waals surface area (Å²) in [6.45, 7) is 1.16. The van der Waals surface area contributed by atoms with Crippen molar-refractivity contribution in [2.45, 2.75) is 57.9 Å². The highest BCUT2D eigenvalue weighted by molar-refractivity contribution is 5.87. The lowest BCUT2D eigenvalue weighted by molar-refractivity contribution is -0.127. The molecule has 1 aliphatic carbocycles. The third-order valence-corrected chi connectivity index (χ3v) is 4.98. The number of nitrogens with one attached hydrogen (secondary N) is 3. The molecule has 1 fully saturated rings. The minimum atomic E-state index is -0.368. The molecular formula is C21H31N3O3. The van der Waals surface area contributed by atoms with Gasteiger partial charge in [-0.1, -0.05) is 62.4 Å². The quantitative estimate of drug-likeness (QED) is 0.618. The highest BCUT2D eigenvalue weighted by atomic mass is 16.2. The molecule has 0 bridgehead atoms. The molecule has 1 aromatic carbocycles. The van der Waals surface area contributed by atoms with Crippen molar-refractivity contribution in [1.82, 2.24) is 16.0 Å². The van der Waals surface area contributed by atoms with Crippen LogP contribution in [0.15, 0.2) is 30.3 Å². The minimum Gasteiger partial charge on any atom is -0.351 e. The molecule has 0 aromatic heterocycles. The number of hydrogen-bond acceptors (Lipinski definition) is 3. The largest absolute Gasteiger partial charge is 0.351 e. The van der Waals surface area contributed by atoms with Crippen LogP contribution in [0.1, 0.15) is 51.0 Å². The molecule has 1 unspecified atom stereocenters. The molecule has 0 radical (unpaired) electrons. The zero-order valence-electron chi connectivity index (χ0n) is 16.1. The van der Waals surface area contributed by atoms with E-state index in [9.17, 15) is 14.4 Å². The summed E-state index contributed by atoms with van der Waals surface area (Å²) in [4.78, 5) is 34.8. The van der Waals surface area contributed by atoms with E-state index in [1.165, 1.54) is 44.6 Å². The summed E-state index contributed by atoms with van der Waals surface area (Å²) in [6, 6.07) is 10.2. The maximum absolute atomic E-state index is 12.3. The number of amides is 3. The topological polar surface area (TPSA) is 87.3 Å². The van der Waals surface area contributed by atoms with Crippen molar-refractivity contribution in [2.24, 2.45) is 5.92 Å². The molecule has 0 spiro atoms. The molecule has 3 amide bonds. The first-order valence-electron chi connectivity index (χ1n) is 9.87. The van der Waals surface area contributed by atoms with Gasteiger partial charge < -0.3 is 16.0 Å². The molecule has 1 atom stereocenters. The summed E-state index contributed by atoms with van der Waals surface area (Å²) < 4.78 is 0. The molecule has 1 aliphatic rings. The fourth-order valence-electron chi connectivity index (χ4n) is 3.64. The van der Waals surface area contributed by atoms with Gasteiger partial charge >= 0.3 is 0 Å². The normalized spacial score (nSPS) is 15.6. The van der Waals surface area contributed by atoms with Crippen LogP contribution in [0.4, 0.5) is 0 Å². The van der Waals surface area contributed by atoms with Gasteiger partial charge in [0.05, 0.1) is 13.1 Å². The number of rotatable bonds is 9. The minimum absolute atomic E-state index is 0.0650. The van der Waals surface area contributed by atoms with Gasteiger partial charge in [0.25, 0.3) is 0 Å². The van der Waals surface area contributed by atoms with Crippen molar-refractivity contribution >= 4 is 17.7 Å². The summed E-state index contributed by atoms with van der Waals surface area (Å²) in [5.74, 6) is -0.178. The number of benzene rings is 1. The maximum atomic E-state index is 12.3. The average molecular weight is 373 g/mol. The Morgan fingerprint density at radius 1 is 0.963 bits per heavy atom. The third-order valence-electron chi connectivity index (χ3n) is 4.98. The van der Waals surface area contributed by atoms with Gasteiger partial charge in [-0.05, 0) is 24.3 Å². The first-order valence-corrected chi connectivity index (χ1v) is 9.87. The first kappa shape index (κ1) is 20.9. The second-order valence-corrected chi connectivity index (χ2v) is 7.38. The van der Waals surface area contributed by atoms with Gasteiger partial charge in [0.15, 0.2) is 0 Å². The van der Waals surface area contributed by atoms with Gasteiger partial charge in [-0.25, -0.2) is 0 Å². The highest BCUT2D eigenvalue weighted by Crippen LogP contribution is 2.28. The summed E-state index contributed by atoms with van der Waals surface area (Å²) in [5.41, 5.74) is 1.20. The van der Waals surface area contributed by atoms with Crippen LogP contribution >= 0.6 is 0 Å². The Hall–Kier alpha value is -2.37. The number of carbonyl (C=O) groups excluding carboxylic acids is 3. The molecule has 6 nitrogen and oxygen atoms in total. The van der Waals surface area contributed by atoms with Crippen molar-refractivity contribution in [3.63, 3.8) is 0 Å². The van der Waals surface area contributed by atoms with Crippen LogP contribution in [-0.4, -0.2) is 36.9 Å². The van der Waals surface area contributed by atoms with E-state index < -0.39 is 0 Å². The van der Waals surface area contributed by atoms with Gasteiger partial charge in [-0.15, -0.1) is 0 Å². The summed E-state index contributed by atoms with van der Waals surface area (Å²) in [5, 5.41) is 8.05. The fraction of sp³-hybridized carbons (Fsp3) is 0.571. The Labute approximate surface area is 161 Å². The molecule has 0 saturated heterocycles. The third kappa shape index (κ3) is 8.71. The van der Waals surface area contributed by atoms with E-state index in [4.69, 9.17) is 0 Å². The SMILES string of the molecule is CC(=O)NCC(=O)NCC(=O)NC(Cc1ccccc1)CC1CCCCC1. The Morgan fingerprint density at radius 2 is 1.63 bits per heavy atom. The number of carbonyl (C=O) groups is 3. The molecule has 6 heteroatoms. The van der Waals surface area contributed by atoms with E-state index in [0.717, 1.165) is 12.8 Å². The lowest BCUT2D eigenvalue weighted by Gasteiger charge is -2.27. The Morgan fingerprint density at radius 3 is 2.30 bits per heavy atom. The van der Waals surface area contributed by atoms with Gasteiger partial charge in [0.2, 0.25) is 17.7 Å². The average Bonchev–Trinajstić information content (AvgIpc) is 2.66. The van der Waals surface area contributed by atoms with Crippen molar-refractivity contribution < 1.29 is 14.4 Å². The molecule has 0 heterocycles. The molecule has 2 rings (SSSR count). The van der Waals surface area contributed by atoms with Crippen molar-refractivity contribution in [3.05, 3.63) is 35.9 Å². The van der Waals surface area contributed by atoms with Gasteiger partial charge in [-0.2, -0.15) is 0 Å². The first-order chi connectivity index (χ1) is 13.0. The molecule has 1 saturated carbocycles. The van der Waals surface area contributed by atoms with Gasteiger partial charge in [-0.3, -0.25) is 14.4 Å². The van der Waals surface area contributed by atoms with Crippen LogP contribution in [0, 0.1) is 5.92 Å². The zero-order chi connectivity index (χ0) is 19.5. The summed E-state index contributed by atoms with van der Waals surface area (Å²) in [6.07, 6.45) is 8.09. The molecule has 27 heavy (non-hydrogen) atoms. The number of hydrogen-bond donors (Lipinski definition) is 3. The smallest absolute Gasteiger partial charge is 0.239 e. The fourth-order valence-corrected chi connectivity index (χ4v) is 3.64. The van der Waals surface area contributed by atoms with Crippen LogP contribution in [0.3, 0.4) is 0 Å².